The molecule has 136 valence electrons. The van der Waals surface area contributed by atoms with Crippen molar-refractivity contribution in [3.05, 3.63) is 30.3 Å². The Bertz CT molecular complexity index is 567. The summed E-state index contributed by atoms with van der Waals surface area (Å²) in [6, 6.07) is 9.57. The van der Waals surface area contributed by atoms with Crippen LogP contribution in [-0.4, -0.2) is 80.1 Å². The third kappa shape index (κ3) is 5.52. The summed E-state index contributed by atoms with van der Waals surface area (Å²) in [6.07, 6.45) is 0.481. The molecular formula is C18H26N4O3. The van der Waals surface area contributed by atoms with E-state index in [4.69, 9.17) is 4.74 Å². The summed E-state index contributed by atoms with van der Waals surface area (Å²) < 4.78 is 5.39. The highest BCUT2D eigenvalue weighted by molar-refractivity contribution is 5.92. The van der Waals surface area contributed by atoms with E-state index in [0.717, 1.165) is 25.3 Å². The van der Waals surface area contributed by atoms with Crippen LogP contribution in [0.5, 0.6) is 0 Å². The fraction of sp³-hybridized carbons (Fsp3) is 0.556. The number of nitrogens with one attached hydrogen (secondary N) is 2. The average Bonchev–Trinajstić information content (AvgIpc) is 2.64. The monoisotopic (exact) mass is 346 g/mol. The number of rotatable bonds is 5. The number of para-hydroxylation sites is 1. The first-order valence-corrected chi connectivity index (χ1v) is 8.87. The first-order valence-electron chi connectivity index (χ1n) is 8.87. The van der Waals surface area contributed by atoms with Crippen LogP contribution in [0, 0.1) is 0 Å². The first-order chi connectivity index (χ1) is 12.2. The molecule has 1 aromatic carbocycles. The van der Waals surface area contributed by atoms with Crippen molar-refractivity contribution < 1.29 is 14.3 Å². The topological polar surface area (TPSA) is 73.9 Å². The van der Waals surface area contributed by atoms with Gasteiger partial charge in [-0.15, -0.1) is 0 Å². The van der Waals surface area contributed by atoms with E-state index in [1.807, 2.05) is 35.2 Å². The number of piperazine rings is 1. The van der Waals surface area contributed by atoms with Crippen LogP contribution in [0.15, 0.2) is 30.3 Å². The van der Waals surface area contributed by atoms with Crippen LogP contribution < -0.4 is 10.6 Å². The summed E-state index contributed by atoms with van der Waals surface area (Å²) in [4.78, 5) is 28.5. The number of carbonyl (C=O) groups is 2. The highest BCUT2D eigenvalue weighted by Gasteiger charge is 2.25. The van der Waals surface area contributed by atoms with Crippen LogP contribution in [0.2, 0.25) is 0 Å². The maximum absolute atomic E-state index is 12.4. The fourth-order valence-electron chi connectivity index (χ4n) is 3.17. The second kappa shape index (κ2) is 8.94. The molecule has 1 aromatic rings. The third-order valence-corrected chi connectivity index (χ3v) is 4.57. The van der Waals surface area contributed by atoms with E-state index in [-0.39, 0.29) is 17.9 Å². The molecule has 0 saturated carbocycles. The summed E-state index contributed by atoms with van der Waals surface area (Å²) in [5.41, 5.74) is 0.809. The average molecular weight is 346 g/mol. The molecule has 2 aliphatic heterocycles. The molecule has 7 nitrogen and oxygen atoms in total. The van der Waals surface area contributed by atoms with Crippen LogP contribution >= 0.6 is 0 Å². The van der Waals surface area contributed by atoms with Gasteiger partial charge >= 0.3 is 0 Å². The minimum Gasteiger partial charge on any atom is -0.378 e. The number of carbonyl (C=O) groups excluding carboxylic acids is 2. The standard InChI is InChI=1S/C18H26N4O3/c23-17(20-15-4-2-1-3-5-15)13-21-7-9-22(10-8-21)18(24)12-16-14-25-11-6-19-16/h1-5,16,19H,6-14H2,(H,20,23). The molecule has 0 bridgehead atoms. The number of nitrogens with zero attached hydrogens (tertiary/aromatic N) is 2. The number of hydrogen-bond acceptors (Lipinski definition) is 5. The van der Waals surface area contributed by atoms with Crippen molar-refractivity contribution in [1.82, 2.24) is 15.1 Å². The van der Waals surface area contributed by atoms with Crippen molar-refractivity contribution in [2.45, 2.75) is 12.5 Å². The molecule has 0 aromatic heterocycles. The minimum absolute atomic E-state index is 0.0190. The first kappa shape index (κ1) is 17.8. The molecule has 0 radical (unpaired) electrons. The highest BCUT2D eigenvalue weighted by Crippen LogP contribution is 2.08. The summed E-state index contributed by atoms with van der Waals surface area (Å²) >= 11 is 0. The summed E-state index contributed by atoms with van der Waals surface area (Å²) in [5, 5.41) is 6.21. The zero-order valence-corrected chi connectivity index (χ0v) is 14.4. The second-order valence-electron chi connectivity index (χ2n) is 6.50. The van der Waals surface area contributed by atoms with Gasteiger partial charge in [-0.05, 0) is 12.1 Å². The number of anilines is 1. The van der Waals surface area contributed by atoms with Gasteiger partial charge in [0, 0.05) is 50.9 Å². The Morgan fingerprint density at radius 2 is 1.92 bits per heavy atom. The van der Waals surface area contributed by atoms with Gasteiger partial charge < -0.3 is 20.3 Å². The smallest absolute Gasteiger partial charge is 0.238 e. The normalized spacial score (nSPS) is 21.8. The van der Waals surface area contributed by atoms with E-state index in [1.54, 1.807) is 0 Å². The van der Waals surface area contributed by atoms with Crippen LogP contribution in [0.4, 0.5) is 5.69 Å². The highest BCUT2D eigenvalue weighted by atomic mass is 16.5. The van der Waals surface area contributed by atoms with Crippen molar-refractivity contribution in [1.29, 1.82) is 0 Å². The van der Waals surface area contributed by atoms with Gasteiger partial charge in [0.15, 0.2) is 0 Å². The van der Waals surface area contributed by atoms with E-state index in [0.29, 0.717) is 39.3 Å². The van der Waals surface area contributed by atoms with Crippen molar-refractivity contribution in [2.75, 3.05) is 57.8 Å². The van der Waals surface area contributed by atoms with Gasteiger partial charge in [0.2, 0.25) is 11.8 Å². The molecule has 0 spiro atoms. The van der Waals surface area contributed by atoms with Gasteiger partial charge in [-0.3, -0.25) is 14.5 Å². The van der Waals surface area contributed by atoms with Gasteiger partial charge in [-0.1, -0.05) is 18.2 Å². The number of morpholine rings is 1. The van der Waals surface area contributed by atoms with Crippen molar-refractivity contribution in [2.24, 2.45) is 0 Å². The van der Waals surface area contributed by atoms with E-state index in [1.165, 1.54) is 0 Å². The van der Waals surface area contributed by atoms with Gasteiger partial charge in [-0.25, -0.2) is 0 Å². The summed E-state index contributed by atoms with van der Waals surface area (Å²) in [6.45, 7) is 5.28. The number of ether oxygens (including phenoxy) is 1. The molecule has 2 heterocycles. The molecule has 2 N–H and O–H groups in total. The van der Waals surface area contributed by atoms with E-state index < -0.39 is 0 Å². The molecule has 25 heavy (non-hydrogen) atoms. The number of benzene rings is 1. The Balaban J connectivity index is 1.37. The maximum Gasteiger partial charge on any atom is 0.238 e. The molecule has 3 rings (SSSR count). The van der Waals surface area contributed by atoms with Crippen LogP contribution in [0.1, 0.15) is 6.42 Å². The lowest BCUT2D eigenvalue weighted by molar-refractivity contribution is -0.134. The Labute approximate surface area is 148 Å². The minimum atomic E-state index is -0.0190. The molecule has 1 unspecified atom stereocenters. The Morgan fingerprint density at radius 3 is 2.60 bits per heavy atom. The molecule has 0 aliphatic carbocycles. The lowest BCUT2D eigenvalue weighted by atomic mass is 10.1. The predicted molar refractivity (Wildman–Crippen MR) is 95.3 cm³/mol. The van der Waals surface area contributed by atoms with Crippen LogP contribution in [0.25, 0.3) is 0 Å². The van der Waals surface area contributed by atoms with Gasteiger partial charge in [0.25, 0.3) is 0 Å². The largest absolute Gasteiger partial charge is 0.378 e. The van der Waals surface area contributed by atoms with E-state index >= 15 is 0 Å². The molecule has 2 aliphatic rings. The Kier molecular flexibility index (Phi) is 6.38. The summed E-state index contributed by atoms with van der Waals surface area (Å²) in [5.74, 6) is 0.144. The van der Waals surface area contributed by atoms with Crippen molar-refractivity contribution in [3.63, 3.8) is 0 Å². The zero-order chi connectivity index (χ0) is 17.5. The van der Waals surface area contributed by atoms with Gasteiger partial charge in [0.1, 0.15) is 0 Å². The Morgan fingerprint density at radius 1 is 1.16 bits per heavy atom. The molecule has 2 fully saturated rings. The SMILES string of the molecule is O=C(CN1CCN(C(=O)CC2COCCN2)CC1)Nc1ccccc1. The number of amides is 2. The molecule has 7 heteroatoms. The quantitative estimate of drug-likeness (QED) is 0.794. The summed E-state index contributed by atoms with van der Waals surface area (Å²) in [7, 11) is 0. The van der Waals surface area contributed by atoms with Gasteiger partial charge in [0.05, 0.1) is 19.8 Å². The number of hydrogen-bond donors (Lipinski definition) is 2. The molecule has 2 saturated heterocycles. The Hall–Kier alpha value is -1.96. The predicted octanol–water partition coefficient (Wildman–Crippen LogP) is 0.148. The van der Waals surface area contributed by atoms with E-state index in [9.17, 15) is 9.59 Å². The van der Waals surface area contributed by atoms with Gasteiger partial charge in [-0.2, -0.15) is 0 Å². The third-order valence-electron chi connectivity index (χ3n) is 4.57. The fourth-order valence-corrected chi connectivity index (χ4v) is 3.17. The van der Waals surface area contributed by atoms with E-state index in [2.05, 4.69) is 15.5 Å². The zero-order valence-electron chi connectivity index (χ0n) is 14.4. The van der Waals surface area contributed by atoms with Crippen LogP contribution in [-0.2, 0) is 14.3 Å². The van der Waals surface area contributed by atoms with Crippen LogP contribution in [0.3, 0.4) is 0 Å². The lowest BCUT2D eigenvalue weighted by Crippen LogP contribution is -2.52. The van der Waals surface area contributed by atoms with Crippen molar-refractivity contribution in [3.8, 4) is 0 Å². The maximum atomic E-state index is 12.4. The molecule has 1 atom stereocenters. The molecule has 2 amide bonds. The second-order valence-corrected chi connectivity index (χ2v) is 6.50. The molecular weight excluding hydrogens is 320 g/mol. The van der Waals surface area contributed by atoms with Crippen molar-refractivity contribution >= 4 is 17.5 Å². The lowest BCUT2D eigenvalue weighted by Gasteiger charge is -2.35.